The van der Waals surface area contributed by atoms with Crippen LogP contribution < -0.4 is 5.69 Å². The summed E-state index contributed by atoms with van der Waals surface area (Å²) in [5.41, 5.74) is 0.353. The molecule has 27 heavy (non-hydrogen) atoms. The summed E-state index contributed by atoms with van der Waals surface area (Å²) in [5.74, 6) is 0.0787. The Labute approximate surface area is 156 Å². The summed E-state index contributed by atoms with van der Waals surface area (Å²) in [6, 6.07) is 7.39. The summed E-state index contributed by atoms with van der Waals surface area (Å²) in [6.45, 7) is 1.49. The van der Waals surface area contributed by atoms with E-state index in [1.54, 1.807) is 19.1 Å². The van der Waals surface area contributed by atoms with Crippen molar-refractivity contribution in [2.75, 3.05) is 0 Å². The molecule has 9 heteroatoms. The number of halogens is 4. The number of hydrogen-bond acceptors (Lipinski definition) is 4. The molecule has 0 amide bonds. The maximum Gasteiger partial charge on any atom is 0.416 e. The first kappa shape index (κ1) is 19.1. The molecule has 0 aliphatic rings. The number of nitrogens with one attached hydrogen (secondary N) is 1. The second kappa shape index (κ2) is 7.13. The number of rotatable bonds is 3. The van der Waals surface area contributed by atoms with Gasteiger partial charge in [-0.1, -0.05) is 29.8 Å². The molecule has 5 nitrogen and oxygen atoms in total. The maximum atomic E-state index is 12.7. The second-order valence-electron chi connectivity index (χ2n) is 5.77. The SMILES string of the molecule is Cc1c(CO)ccc(Cl)c1-c1nc(-c2ccc(C(F)(F)F)cc2)nc(=O)[nH]1. The summed E-state index contributed by atoms with van der Waals surface area (Å²) in [4.78, 5) is 22.4. The molecule has 0 saturated heterocycles. The summed E-state index contributed by atoms with van der Waals surface area (Å²) in [5, 5.41) is 9.72. The molecular formula is C18H13ClF3N3O2. The van der Waals surface area contributed by atoms with Crippen LogP contribution in [0.3, 0.4) is 0 Å². The number of aliphatic hydroxyl groups excluding tert-OH is 1. The van der Waals surface area contributed by atoms with Crippen LogP contribution in [0.1, 0.15) is 16.7 Å². The highest BCUT2D eigenvalue weighted by Gasteiger charge is 2.30. The van der Waals surface area contributed by atoms with Crippen molar-refractivity contribution >= 4 is 11.6 Å². The third kappa shape index (κ3) is 3.86. The first-order valence-corrected chi connectivity index (χ1v) is 8.13. The zero-order chi connectivity index (χ0) is 19.8. The van der Waals surface area contributed by atoms with Gasteiger partial charge in [0.25, 0.3) is 0 Å². The standard InChI is InChI=1S/C18H13ClF3N3O2/c1-9-11(8-26)4-7-13(19)14(9)16-23-15(24-17(27)25-16)10-2-5-12(6-3-10)18(20,21)22/h2-7,26H,8H2,1H3,(H,23,24,25,27). The number of benzene rings is 2. The summed E-state index contributed by atoms with van der Waals surface area (Å²) in [6.07, 6.45) is -4.46. The largest absolute Gasteiger partial charge is 0.416 e. The minimum atomic E-state index is -4.46. The third-order valence-corrected chi connectivity index (χ3v) is 4.37. The predicted molar refractivity (Wildman–Crippen MR) is 94.2 cm³/mol. The van der Waals surface area contributed by atoms with Crippen molar-refractivity contribution in [3.8, 4) is 22.8 Å². The van der Waals surface area contributed by atoms with Crippen molar-refractivity contribution in [3.05, 3.63) is 68.6 Å². The van der Waals surface area contributed by atoms with E-state index in [4.69, 9.17) is 11.6 Å². The van der Waals surface area contributed by atoms with Gasteiger partial charge in [-0.05, 0) is 36.2 Å². The average molecular weight is 396 g/mol. The van der Waals surface area contributed by atoms with Crippen LogP contribution in [-0.4, -0.2) is 20.1 Å². The molecule has 3 aromatic rings. The normalized spacial score (nSPS) is 11.6. The fourth-order valence-electron chi connectivity index (χ4n) is 2.62. The van der Waals surface area contributed by atoms with Gasteiger partial charge in [-0.25, -0.2) is 9.78 Å². The monoisotopic (exact) mass is 395 g/mol. The molecule has 1 heterocycles. The molecule has 0 aliphatic heterocycles. The second-order valence-corrected chi connectivity index (χ2v) is 6.17. The van der Waals surface area contributed by atoms with Crippen molar-refractivity contribution in [1.29, 1.82) is 0 Å². The fraction of sp³-hybridized carbons (Fsp3) is 0.167. The molecule has 0 atom stereocenters. The minimum absolute atomic E-state index is 0.0349. The molecule has 0 radical (unpaired) electrons. The van der Waals surface area contributed by atoms with Gasteiger partial charge in [-0.15, -0.1) is 0 Å². The van der Waals surface area contributed by atoms with Gasteiger partial charge >= 0.3 is 11.9 Å². The van der Waals surface area contributed by atoms with E-state index in [-0.39, 0.29) is 23.8 Å². The highest BCUT2D eigenvalue weighted by Crippen LogP contribution is 2.32. The fourth-order valence-corrected chi connectivity index (χ4v) is 2.92. The van der Waals surface area contributed by atoms with Crippen LogP contribution in [0.25, 0.3) is 22.8 Å². The zero-order valence-corrected chi connectivity index (χ0v) is 14.7. The average Bonchev–Trinajstić information content (AvgIpc) is 2.61. The molecule has 3 rings (SSSR count). The first-order valence-electron chi connectivity index (χ1n) is 7.76. The molecule has 0 aliphatic carbocycles. The van der Waals surface area contributed by atoms with Gasteiger partial charge in [-0.2, -0.15) is 18.2 Å². The third-order valence-electron chi connectivity index (χ3n) is 4.05. The molecule has 0 saturated carbocycles. The molecule has 0 spiro atoms. The Kier molecular flexibility index (Phi) is 5.03. The first-order chi connectivity index (χ1) is 12.7. The van der Waals surface area contributed by atoms with Crippen LogP contribution in [0.15, 0.2) is 41.2 Å². The van der Waals surface area contributed by atoms with Crippen molar-refractivity contribution in [2.45, 2.75) is 19.7 Å². The number of nitrogens with zero attached hydrogens (tertiary/aromatic N) is 2. The summed E-state index contributed by atoms with van der Waals surface area (Å²) in [7, 11) is 0. The van der Waals surface area contributed by atoms with Crippen LogP contribution >= 0.6 is 11.6 Å². The molecule has 2 N–H and O–H groups in total. The van der Waals surface area contributed by atoms with Crippen molar-refractivity contribution in [3.63, 3.8) is 0 Å². The van der Waals surface area contributed by atoms with Crippen molar-refractivity contribution in [1.82, 2.24) is 15.0 Å². The minimum Gasteiger partial charge on any atom is -0.392 e. The molecule has 0 fully saturated rings. The quantitative estimate of drug-likeness (QED) is 0.703. The van der Waals surface area contributed by atoms with Crippen LogP contribution in [-0.2, 0) is 12.8 Å². The van der Waals surface area contributed by atoms with E-state index >= 15 is 0 Å². The van der Waals surface area contributed by atoms with Gasteiger partial charge in [0.15, 0.2) is 5.82 Å². The number of aromatic amines is 1. The van der Waals surface area contributed by atoms with Crippen molar-refractivity contribution in [2.24, 2.45) is 0 Å². The number of H-pyrrole nitrogens is 1. The lowest BCUT2D eigenvalue weighted by molar-refractivity contribution is -0.137. The van der Waals surface area contributed by atoms with Crippen molar-refractivity contribution < 1.29 is 18.3 Å². The molecule has 140 valence electrons. The number of aliphatic hydroxyl groups is 1. The van der Waals surface area contributed by atoms with E-state index in [0.29, 0.717) is 21.7 Å². The van der Waals surface area contributed by atoms with Crippen LogP contribution in [0.4, 0.5) is 13.2 Å². The van der Waals surface area contributed by atoms with Gasteiger partial charge in [0.1, 0.15) is 5.82 Å². The highest BCUT2D eigenvalue weighted by atomic mass is 35.5. The van der Waals surface area contributed by atoms with Gasteiger partial charge in [0, 0.05) is 11.1 Å². The summed E-state index contributed by atoms with van der Waals surface area (Å²) >= 11 is 6.23. The molecule has 2 aromatic carbocycles. The van der Waals surface area contributed by atoms with E-state index in [1.807, 2.05) is 0 Å². The van der Waals surface area contributed by atoms with Gasteiger partial charge in [0.05, 0.1) is 17.2 Å². The van der Waals surface area contributed by atoms with E-state index < -0.39 is 17.4 Å². The van der Waals surface area contributed by atoms with E-state index in [0.717, 1.165) is 12.1 Å². The number of aromatic nitrogens is 3. The zero-order valence-electron chi connectivity index (χ0n) is 13.9. The Morgan fingerprint density at radius 1 is 1.11 bits per heavy atom. The molecular weight excluding hydrogens is 383 g/mol. The number of alkyl halides is 3. The Morgan fingerprint density at radius 3 is 2.37 bits per heavy atom. The topological polar surface area (TPSA) is 78.9 Å². The molecule has 0 unspecified atom stereocenters. The Bertz CT molecular complexity index is 1050. The lowest BCUT2D eigenvalue weighted by Gasteiger charge is -2.12. The van der Waals surface area contributed by atoms with Gasteiger partial charge in [0.2, 0.25) is 0 Å². The van der Waals surface area contributed by atoms with Crippen LogP contribution in [0, 0.1) is 6.92 Å². The predicted octanol–water partition coefficient (Wildman–Crippen LogP) is 3.97. The van der Waals surface area contributed by atoms with E-state index in [9.17, 15) is 23.1 Å². The van der Waals surface area contributed by atoms with Crippen LogP contribution in [0.2, 0.25) is 5.02 Å². The smallest absolute Gasteiger partial charge is 0.392 e. The Balaban J connectivity index is 2.13. The van der Waals surface area contributed by atoms with Gasteiger partial charge < -0.3 is 5.11 Å². The molecule has 1 aromatic heterocycles. The lowest BCUT2D eigenvalue weighted by Crippen LogP contribution is -2.15. The van der Waals surface area contributed by atoms with E-state index in [1.165, 1.54) is 12.1 Å². The highest BCUT2D eigenvalue weighted by molar-refractivity contribution is 6.33. The van der Waals surface area contributed by atoms with E-state index in [2.05, 4.69) is 15.0 Å². The Morgan fingerprint density at radius 2 is 1.78 bits per heavy atom. The lowest BCUT2D eigenvalue weighted by atomic mass is 10.0. The maximum absolute atomic E-state index is 12.7. The Hall–Kier alpha value is -2.71. The van der Waals surface area contributed by atoms with Gasteiger partial charge in [-0.3, -0.25) is 4.98 Å². The molecule has 0 bridgehead atoms. The number of hydrogen-bond donors (Lipinski definition) is 2. The van der Waals surface area contributed by atoms with Crippen LogP contribution in [0.5, 0.6) is 0 Å². The summed E-state index contributed by atoms with van der Waals surface area (Å²) < 4.78 is 38.1.